The molecule has 36 heavy (non-hydrogen) atoms. The molecule has 4 aromatic carbocycles. The van der Waals surface area contributed by atoms with Crippen LogP contribution in [0.2, 0.25) is 0 Å². The van der Waals surface area contributed by atoms with Crippen molar-refractivity contribution in [3.63, 3.8) is 0 Å². The Labute approximate surface area is 210 Å². The van der Waals surface area contributed by atoms with Gasteiger partial charge >= 0.3 is 0 Å². The number of rotatable bonds is 10. The molecule has 0 heterocycles. The van der Waals surface area contributed by atoms with E-state index in [0.717, 1.165) is 22.3 Å². The topological polar surface area (TPSA) is 104 Å². The molecule has 0 spiro atoms. The first-order chi connectivity index (χ1) is 17.5. The smallest absolute Gasteiger partial charge is 0.240 e. The van der Waals surface area contributed by atoms with Crippen LogP contribution in [0.5, 0.6) is 0 Å². The zero-order chi connectivity index (χ0) is 25.4. The minimum atomic E-state index is -0.980. The van der Waals surface area contributed by atoms with E-state index in [1.165, 1.54) is 0 Å². The second-order valence-corrected chi connectivity index (χ2v) is 8.55. The van der Waals surface area contributed by atoms with E-state index < -0.39 is 17.5 Å². The third-order valence-corrected chi connectivity index (χ3v) is 6.16. The highest BCUT2D eigenvalue weighted by Crippen LogP contribution is 2.37. The first kappa shape index (κ1) is 24.7. The first-order valence-electron chi connectivity index (χ1n) is 11.8. The van der Waals surface area contributed by atoms with Crippen molar-refractivity contribution in [3.05, 3.63) is 138 Å². The molecule has 0 aromatic heterocycles. The van der Waals surface area contributed by atoms with Crippen molar-refractivity contribution in [2.45, 2.75) is 24.6 Å². The normalized spacial score (nSPS) is 11.9. The maximum Gasteiger partial charge on any atom is 0.240 e. The molecule has 182 valence electrons. The Hall–Kier alpha value is -4.42. The minimum absolute atomic E-state index is 0.0809. The maximum atomic E-state index is 13.6. The number of hydrogen-bond donors (Lipinski definition) is 4. The maximum absolute atomic E-state index is 13.6. The standard InChI is InChI=1S/C30H29N3O3/c31-29(36)27(32-26-18-16-22(21-34)17-19-26)20-28(35)33-30(23-10-4-1-5-11-23,24-12-6-2-7-13-24)25-14-8-3-9-15-25/h1-19,27,32,34H,20-21H2,(H2,31,36)(H,33,35)/t27-/m0/s1. The van der Waals surface area contributed by atoms with Gasteiger partial charge in [-0.3, -0.25) is 9.59 Å². The second kappa shape index (κ2) is 11.3. The van der Waals surface area contributed by atoms with Crippen LogP contribution in [0.3, 0.4) is 0 Å². The van der Waals surface area contributed by atoms with Crippen LogP contribution in [0.1, 0.15) is 28.7 Å². The fourth-order valence-electron chi connectivity index (χ4n) is 4.36. The molecule has 0 radical (unpaired) electrons. The van der Waals surface area contributed by atoms with Crippen LogP contribution in [0.15, 0.2) is 115 Å². The molecule has 0 aliphatic carbocycles. The largest absolute Gasteiger partial charge is 0.392 e. The molecule has 4 rings (SSSR count). The molecule has 6 nitrogen and oxygen atoms in total. The SMILES string of the molecule is NC(=O)[C@H](CC(=O)NC(c1ccccc1)(c1ccccc1)c1ccccc1)Nc1ccc(CO)cc1. The lowest BCUT2D eigenvalue weighted by atomic mass is 9.77. The minimum Gasteiger partial charge on any atom is -0.392 e. The number of aliphatic hydroxyl groups is 1. The lowest BCUT2D eigenvalue weighted by Crippen LogP contribution is -2.50. The van der Waals surface area contributed by atoms with Gasteiger partial charge in [0.15, 0.2) is 0 Å². The number of carbonyl (C=O) groups is 2. The average Bonchev–Trinajstić information content (AvgIpc) is 2.93. The van der Waals surface area contributed by atoms with Crippen molar-refractivity contribution in [2.24, 2.45) is 5.73 Å². The number of anilines is 1. The van der Waals surface area contributed by atoms with Crippen LogP contribution in [-0.2, 0) is 21.7 Å². The van der Waals surface area contributed by atoms with Crippen molar-refractivity contribution >= 4 is 17.5 Å². The van der Waals surface area contributed by atoms with Gasteiger partial charge in [0.2, 0.25) is 11.8 Å². The lowest BCUT2D eigenvalue weighted by molar-refractivity contribution is -0.126. The first-order valence-corrected chi connectivity index (χ1v) is 11.8. The van der Waals surface area contributed by atoms with Crippen LogP contribution >= 0.6 is 0 Å². The Morgan fingerprint density at radius 1 is 0.722 bits per heavy atom. The average molecular weight is 480 g/mol. The van der Waals surface area contributed by atoms with Crippen LogP contribution in [0, 0.1) is 0 Å². The van der Waals surface area contributed by atoms with Crippen molar-refractivity contribution in [1.29, 1.82) is 0 Å². The second-order valence-electron chi connectivity index (χ2n) is 8.55. The molecule has 0 saturated heterocycles. The van der Waals surface area contributed by atoms with E-state index >= 15 is 0 Å². The Kier molecular flexibility index (Phi) is 7.78. The van der Waals surface area contributed by atoms with Gasteiger partial charge in [-0.1, -0.05) is 103 Å². The van der Waals surface area contributed by atoms with E-state index in [4.69, 9.17) is 5.73 Å². The third-order valence-electron chi connectivity index (χ3n) is 6.16. The summed E-state index contributed by atoms with van der Waals surface area (Å²) < 4.78 is 0. The van der Waals surface area contributed by atoms with E-state index in [9.17, 15) is 14.7 Å². The number of aliphatic hydroxyl groups excluding tert-OH is 1. The fourth-order valence-corrected chi connectivity index (χ4v) is 4.36. The van der Waals surface area contributed by atoms with E-state index in [0.29, 0.717) is 5.69 Å². The highest BCUT2D eigenvalue weighted by atomic mass is 16.3. The number of benzene rings is 4. The molecular formula is C30H29N3O3. The molecule has 0 saturated carbocycles. The predicted molar refractivity (Wildman–Crippen MR) is 141 cm³/mol. The van der Waals surface area contributed by atoms with Crippen molar-refractivity contribution < 1.29 is 14.7 Å². The van der Waals surface area contributed by atoms with Gasteiger partial charge in [-0.05, 0) is 34.4 Å². The van der Waals surface area contributed by atoms with Gasteiger partial charge in [0.25, 0.3) is 0 Å². The summed E-state index contributed by atoms with van der Waals surface area (Å²) in [6, 6.07) is 35.3. The number of primary amides is 1. The summed E-state index contributed by atoms with van der Waals surface area (Å²) in [5.41, 5.74) is 8.72. The summed E-state index contributed by atoms with van der Waals surface area (Å²) in [4.78, 5) is 25.9. The van der Waals surface area contributed by atoms with Crippen LogP contribution < -0.4 is 16.4 Å². The van der Waals surface area contributed by atoms with Gasteiger partial charge in [-0.25, -0.2) is 0 Å². The molecule has 0 aliphatic rings. The summed E-state index contributed by atoms with van der Waals surface area (Å²) >= 11 is 0. The van der Waals surface area contributed by atoms with Crippen LogP contribution in [0.4, 0.5) is 5.69 Å². The van der Waals surface area contributed by atoms with E-state index in [-0.39, 0.29) is 18.9 Å². The summed E-state index contributed by atoms with van der Waals surface area (Å²) in [7, 11) is 0. The highest BCUT2D eigenvalue weighted by molar-refractivity contribution is 5.90. The monoisotopic (exact) mass is 479 g/mol. The molecule has 0 unspecified atom stereocenters. The van der Waals surface area contributed by atoms with Crippen molar-refractivity contribution in [2.75, 3.05) is 5.32 Å². The van der Waals surface area contributed by atoms with E-state index in [2.05, 4.69) is 10.6 Å². The summed E-state index contributed by atoms with van der Waals surface area (Å²) in [5, 5.41) is 15.6. The zero-order valence-electron chi connectivity index (χ0n) is 19.8. The molecule has 0 fully saturated rings. The Balaban J connectivity index is 1.69. The molecule has 1 atom stereocenters. The Morgan fingerprint density at radius 3 is 1.56 bits per heavy atom. The van der Waals surface area contributed by atoms with Gasteiger partial charge < -0.3 is 21.5 Å². The summed E-state index contributed by atoms with van der Waals surface area (Å²) in [6.45, 7) is -0.0809. The highest BCUT2D eigenvalue weighted by Gasteiger charge is 2.38. The third kappa shape index (κ3) is 5.45. The summed E-state index contributed by atoms with van der Waals surface area (Å²) in [5.74, 6) is -0.976. The molecule has 4 aromatic rings. The molecule has 2 amide bonds. The van der Waals surface area contributed by atoms with Crippen molar-refractivity contribution in [3.8, 4) is 0 Å². The molecule has 5 N–H and O–H groups in total. The van der Waals surface area contributed by atoms with E-state index in [1.54, 1.807) is 24.3 Å². The fraction of sp³-hybridized carbons (Fsp3) is 0.133. The molecule has 0 aliphatic heterocycles. The lowest BCUT2D eigenvalue weighted by Gasteiger charge is -2.37. The number of nitrogens with one attached hydrogen (secondary N) is 2. The molecule has 6 heteroatoms. The number of hydrogen-bond acceptors (Lipinski definition) is 4. The van der Waals surface area contributed by atoms with Gasteiger partial charge in [0.1, 0.15) is 11.6 Å². The van der Waals surface area contributed by atoms with Gasteiger partial charge in [-0.2, -0.15) is 0 Å². The number of carbonyl (C=O) groups excluding carboxylic acids is 2. The van der Waals surface area contributed by atoms with Crippen LogP contribution in [-0.4, -0.2) is 23.0 Å². The Morgan fingerprint density at radius 2 is 1.17 bits per heavy atom. The van der Waals surface area contributed by atoms with Gasteiger partial charge in [-0.15, -0.1) is 0 Å². The van der Waals surface area contributed by atoms with Gasteiger partial charge in [0, 0.05) is 5.69 Å². The molecular weight excluding hydrogens is 450 g/mol. The molecule has 0 bridgehead atoms. The Bertz CT molecular complexity index is 1180. The van der Waals surface area contributed by atoms with Crippen LogP contribution in [0.25, 0.3) is 0 Å². The van der Waals surface area contributed by atoms with Crippen molar-refractivity contribution in [1.82, 2.24) is 5.32 Å². The predicted octanol–water partition coefficient (Wildman–Crippen LogP) is 3.94. The summed E-state index contributed by atoms with van der Waals surface area (Å²) in [6.07, 6.45) is -0.161. The zero-order valence-corrected chi connectivity index (χ0v) is 19.8. The number of nitrogens with two attached hydrogens (primary N) is 1. The van der Waals surface area contributed by atoms with E-state index in [1.807, 2.05) is 91.0 Å². The quantitative estimate of drug-likeness (QED) is 0.259. The number of amides is 2. The van der Waals surface area contributed by atoms with Gasteiger partial charge in [0.05, 0.1) is 13.0 Å².